The zero-order valence-electron chi connectivity index (χ0n) is 24.1. The molecular weight excluding hydrogens is 586 g/mol. The third-order valence-corrected chi connectivity index (χ3v) is 7.50. The van der Waals surface area contributed by atoms with Gasteiger partial charge in [0.2, 0.25) is 0 Å². The van der Waals surface area contributed by atoms with Crippen molar-refractivity contribution < 1.29 is 38.4 Å². The molecule has 0 amide bonds. The van der Waals surface area contributed by atoms with Crippen LogP contribution in [0.1, 0.15) is 82.0 Å². The predicted molar refractivity (Wildman–Crippen MR) is 160 cm³/mol. The number of ether oxygens (including phenoxy) is 1. The van der Waals surface area contributed by atoms with Gasteiger partial charge in [-0.05, 0) is 97.2 Å². The van der Waals surface area contributed by atoms with Crippen LogP contribution in [0.2, 0.25) is 0 Å². The van der Waals surface area contributed by atoms with Crippen LogP contribution in [0.25, 0.3) is 22.3 Å². The molecule has 2 aromatic carbocycles. The van der Waals surface area contributed by atoms with Gasteiger partial charge in [-0.2, -0.15) is 0 Å². The van der Waals surface area contributed by atoms with Crippen LogP contribution in [0, 0.1) is 11.6 Å². The zero-order valence-corrected chi connectivity index (χ0v) is 24.1. The largest absolute Gasteiger partial charge is 0.507 e. The van der Waals surface area contributed by atoms with E-state index in [-0.39, 0.29) is 22.9 Å². The molecule has 4 aromatic rings. The lowest BCUT2D eigenvalue weighted by molar-refractivity contribution is 0.0592. The number of hydrogen-bond acceptors (Lipinski definition) is 9. The molecule has 3 N–H and O–H groups in total. The van der Waals surface area contributed by atoms with Crippen molar-refractivity contribution in [1.82, 2.24) is 19.9 Å². The molecule has 230 valence electrons. The van der Waals surface area contributed by atoms with Crippen LogP contribution < -0.4 is 0 Å². The smallest absolute Gasteiger partial charge is 0.358 e. The summed E-state index contributed by atoms with van der Waals surface area (Å²) < 4.78 is 31.6. The average molecular weight is 615 g/mol. The highest BCUT2D eigenvalue weighted by atomic mass is 19.1. The Hall–Kier alpha value is -5.52. The predicted octanol–water partition coefficient (Wildman–Crippen LogP) is 6.32. The van der Waals surface area contributed by atoms with Gasteiger partial charge in [0.1, 0.15) is 23.1 Å². The lowest BCUT2D eigenvalue weighted by Gasteiger charge is -2.10. The Morgan fingerprint density at radius 2 is 1.13 bits per heavy atom. The van der Waals surface area contributed by atoms with Gasteiger partial charge in [-0.3, -0.25) is 9.97 Å². The molecule has 2 aliphatic carbocycles. The maximum absolute atomic E-state index is 13.5. The second kappa shape index (κ2) is 13.4. The molecule has 2 heterocycles. The summed E-state index contributed by atoms with van der Waals surface area (Å²) in [5.74, 6) is -2.53. The summed E-state index contributed by atoms with van der Waals surface area (Å²) in [4.78, 5) is 38.9. The lowest BCUT2D eigenvalue weighted by atomic mass is 9.99. The van der Waals surface area contributed by atoms with Gasteiger partial charge in [-0.15, -0.1) is 0 Å². The number of carbonyl (C=O) groups excluding carboxylic acids is 1. The molecule has 10 nitrogen and oxygen atoms in total. The zero-order chi connectivity index (χ0) is 32.1. The minimum absolute atomic E-state index is 0.00171. The number of allylic oxidation sites excluding steroid dienone is 4. The number of benzene rings is 2. The number of nitrogens with zero attached hydrogens (tertiary/aromatic N) is 4. The first-order chi connectivity index (χ1) is 21.7. The molecule has 6 rings (SSSR count). The van der Waals surface area contributed by atoms with E-state index in [1.54, 1.807) is 6.20 Å². The van der Waals surface area contributed by atoms with Gasteiger partial charge >= 0.3 is 11.9 Å². The van der Waals surface area contributed by atoms with E-state index in [1.165, 1.54) is 62.1 Å². The molecule has 0 saturated heterocycles. The number of halogens is 2. The Kier molecular flexibility index (Phi) is 9.22. The fourth-order valence-electron chi connectivity index (χ4n) is 5.48. The third kappa shape index (κ3) is 6.85. The highest BCUT2D eigenvalue weighted by Gasteiger charge is 2.24. The molecule has 0 bridgehead atoms. The van der Waals surface area contributed by atoms with Crippen LogP contribution in [0.15, 0.2) is 61.2 Å². The summed E-state index contributed by atoms with van der Waals surface area (Å²) in [6.07, 6.45) is 10.1. The van der Waals surface area contributed by atoms with Crippen LogP contribution in [0.5, 0.6) is 11.5 Å². The number of carbonyl (C=O) groups is 2. The van der Waals surface area contributed by atoms with Crippen LogP contribution in [0.3, 0.4) is 0 Å². The van der Waals surface area contributed by atoms with Crippen molar-refractivity contribution >= 4 is 34.2 Å². The highest BCUT2D eigenvalue weighted by molar-refractivity contribution is 5.95. The average Bonchev–Trinajstić information content (AvgIpc) is 3.74. The molecule has 12 heteroatoms. The number of rotatable bonds is 6. The van der Waals surface area contributed by atoms with E-state index in [9.17, 15) is 28.6 Å². The van der Waals surface area contributed by atoms with E-state index in [4.69, 9.17) is 5.11 Å². The number of aromatic nitrogens is 4. The van der Waals surface area contributed by atoms with E-state index in [0.717, 1.165) is 41.6 Å². The van der Waals surface area contributed by atoms with Crippen LogP contribution >= 0.6 is 0 Å². The first kappa shape index (κ1) is 30.9. The van der Waals surface area contributed by atoms with Crippen LogP contribution in [-0.4, -0.2) is 54.3 Å². The molecule has 0 spiro atoms. The molecule has 2 aromatic heterocycles. The number of hydrogen-bond donors (Lipinski definition) is 3. The van der Waals surface area contributed by atoms with E-state index in [0.29, 0.717) is 41.8 Å². The van der Waals surface area contributed by atoms with Gasteiger partial charge in [0.25, 0.3) is 0 Å². The Balaban J connectivity index is 0.000000178. The first-order valence-corrected chi connectivity index (χ1v) is 14.0. The summed E-state index contributed by atoms with van der Waals surface area (Å²) in [7, 11) is 1.28. The molecule has 0 aliphatic heterocycles. The molecule has 0 radical (unpaired) electrons. The van der Waals surface area contributed by atoms with Gasteiger partial charge < -0.3 is 20.1 Å². The molecule has 45 heavy (non-hydrogen) atoms. The summed E-state index contributed by atoms with van der Waals surface area (Å²) >= 11 is 0. The minimum Gasteiger partial charge on any atom is -0.507 e. The fourth-order valence-corrected chi connectivity index (χ4v) is 5.48. The second-order valence-electron chi connectivity index (χ2n) is 10.3. The van der Waals surface area contributed by atoms with Crippen molar-refractivity contribution in [3.8, 4) is 11.5 Å². The maximum atomic E-state index is 13.5. The van der Waals surface area contributed by atoms with Crippen molar-refractivity contribution in [3.05, 3.63) is 107 Å². The van der Waals surface area contributed by atoms with Crippen molar-refractivity contribution in [1.29, 1.82) is 0 Å². The van der Waals surface area contributed by atoms with Crippen molar-refractivity contribution in [2.24, 2.45) is 0 Å². The monoisotopic (exact) mass is 614 g/mol. The number of aromatic hydroxyl groups is 2. The maximum Gasteiger partial charge on any atom is 0.358 e. The Morgan fingerprint density at radius 1 is 0.689 bits per heavy atom. The Morgan fingerprint density at radius 3 is 1.60 bits per heavy atom. The minimum atomic E-state index is -1.15. The van der Waals surface area contributed by atoms with Gasteiger partial charge in [-0.1, -0.05) is 0 Å². The van der Waals surface area contributed by atoms with E-state index < -0.39 is 23.6 Å². The molecule has 0 atom stereocenters. The number of phenolic OH excluding ortho intramolecular Hbond substituents is 2. The molecule has 2 aliphatic rings. The van der Waals surface area contributed by atoms with Gasteiger partial charge in [0, 0.05) is 11.1 Å². The Labute approximate surface area is 256 Å². The summed E-state index contributed by atoms with van der Waals surface area (Å²) in [6.45, 7) is 0. The van der Waals surface area contributed by atoms with Gasteiger partial charge in [-0.25, -0.2) is 28.3 Å². The number of methoxy groups -OCH3 is 1. The molecule has 0 saturated carbocycles. The van der Waals surface area contributed by atoms with E-state index in [1.807, 2.05) is 0 Å². The van der Waals surface area contributed by atoms with Crippen LogP contribution in [-0.2, 0) is 4.74 Å². The fraction of sp³-hybridized carbons (Fsp3) is 0.212. The number of esters is 1. The van der Waals surface area contributed by atoms with Gasteiger partial charge in [0.05, 0.1) is 43.3 Å². The first-order valence-electron chi connectivity index (χ1n) is 14.0. The highest BCUT2D eigenvalue weighted by Crippen LogP contribution is 2.43. The topological polar surface area (TPSA) is 156 Å². The van der Waals surface area contributed by atoms with Gasteiger partial charge in [0.15, 0.2) is 11.4 Å². The lowest BCUT2D eigenvalue weighted by Crippen LogP contribution is -2.06. The normalized spacial score (nSPS) is 14.3. The SMILES string of the molecule is COC(=O)c1cncc(C2=C(c3cc(F)ccc3O)CCC2)n1.O=C(O)c1cncc(C2=C(c3cc(F)ccc3O)CCC2)n1. The van der Waals surface area contributed by atoms with Crippen molar-refractivity contribution in [3.63, 3.8) is 0 Å². The van der Waals surface area contributed by atoms with E-state index in [2.05, 4.69) is 24.7 Å². The molecule has 0 fully saturated rings. The number of carboxylic acid groups (broad SMARTS) is 1. The summed E-state index contributed by atoms with van der Waals surface area (Å²) in [5.41, 5.74) is 5.15. The standard InChI is InChI=1S/C17H15FN2O3.C16H13FN2O3/c1-23-17(22)15-9-19-8-14(20-15)12-4-2-3-11(12)13-7-10(18)5-6-16(13)21;17-9-4-5-15(20)12(6-9)10-2-1-3-11(10)13-7-18-8-14(19-13)16(21)22/h5-9,21H,2-4H2,1H3;4-8,20H,1-3H2,(H,21,22). The number of phenols is 2. The second-order valence-corrected chi connectivity index (χ2v) is 10.3. The summed E-state index contributed by atoms with van der Waals surface area (Å²) in [6, 6.07) is 7.65. The van der Waals surface area contributed by atoms with E-state index >= 15 is 0 Å². The van der Waals surface area contributed by atoms with Crippen LogP contribution in [0.4, 0.5) is 8.78 Å². The number of aromatic carboxylic acids is 1. The molecular formula is C33H28F2N4O6. The third-order valence-electron chi connectivity index (χ3n) is 7.50. The quantitative estimate of drug-likeness (QED) is 0.210. The van der Waals surface area contributed by atoms with Crippen molar-refractivity contribution in [2.75, 3.05) is 7.11 Å². The number of carboxylic acids is 1. The molecule has 0 unspecified atom stereocenters. The Bertz CT molecular complexity index is 1860. The van der Waals surface area contributed by atoms with Crippen molar-refractivity contribution in [2.45, 2.75) is 38.5 Å². The summed E-state index contributed by atoms with van der Waals surface area (Å²) in [5, 5.41) is 29.0.